The van der Waals surface area contributed by atoms with E-state index in [1.165, 1.54) is 7.11 Å². The number of methoxy groups -OCH3 is 1. The average Bonchev–Trinajstić information content (AvgIpc) is 3.08. The molecule has 0 aliphatic heterocycles. The minimum atomic E-state index is -0.287. The van der Waals surface area contributed by atoms with Crippen molar-refractivity contribution in [1.29, 1.82) is 0 Å². The van der Waals surface area contributed by atoms with Crippen molar-refractivity contribution in [3.8, 4) is 5.75 Å². The van der Waals surface area contributed by atoms with Crippen molar-refractivity contribution in [2.45, 2.75) is 6.42 Å². The van der Waals surface area contributed by atoms with Gasteiger partial charge in [-0.1, -0.05) is 0 Å². The molecule has 0 bridgehead atoms. The van der Waals surface area contributed by atoms with Crippen LogP contribution in [-0.4, -0.2) is 165 Å². The van der Waals surface area contributed by atoms with Gasteiger partial charge in [-0.05, 0) is 24.3 Å². The number of carbonyl (C=O) groups excluding carboxylic acids is 1. The normalized spacial score (nSPS) is 11.3. The highest BCUT2D eigenvalue weighted by Gasteiger charge is 2.00. The van der Waals surface area contributed by atoms with E-state index in [9.17, 15) is 4.79 Å². The molecule has 0 spiro atoms. The molecule has 0 radical (unpaired) electrons. The first-order chi connectivity index (χ1) is 23.2. The Morgan fingerprint density at radius 2 is 0.681 bits per heavy atom. The number of hydrogen-bond acceptors (Lipinski definition) is 15. The predicted octanol–water partition coefficient (Wildman–Crippen LogP) is 1.39. The maximum absolute atomic E-state index is 10.9. The van der Waals surface area contributed by atoms with E-state index < -0.39 is 0 Å². The molecule has 47 heavy (non-hydrogen) atoms. The Hall–Kier alpha value is -2.15. The van der Waals surface area contributed by atoms with E-state index >= 15 is 0 Å². The minimum Gasteiger partial charge on any atom is -0.491 e. The number of ether oxygens (including phenoxy) is 13. The summed E-state index contributed by atoms with van der Waals surface area (Å²) in [6.07, 6.45) is 0.243. The van der Waals surface area contributed by atoms with Gasteiger partial charge in [0.05, 0.1) is 159 Å². The molecule has 15 heteroatoms. The second kappa shape index (κ2) is 35.2. The quantitative estimate of drug-likeness (QED) is 0.0609. The zero-order valence-corrected chi connectivity index (χ0v) is 28.1. The molecule has 0 saturated heterocycles. The topological polar surface area (TPSA) is 163 Å². The van der Waals surface area contributed by atoms with Crippen LogP contribution in [0.3, 0.4) is 0 Å². The first-order valence-corrected chi connectivity index (χ1v) is 16.1. The lowest BCUT2D eigenvalue weighted by Gasteiger charge is -2.09. The van der Waals surface area contributed by atoms with Crippen molar-refractivity contribution in [1.82, 2.24) is 0 Å². The molecule has 2 N–H and O–H groups in total. The molecular weight excluding hydrogens is 622 g/mol. The Morgan fingerprint density at radius 1 is 0.426 bits per heavy atom. The van der Waals surface area contributed by atoms with Crippen LogP contribution in [0.2, 0.25) is 0 Å². The van der Waals surface area contributed by atoms with Crippen LogP contribution < -0.4 is 10.5 Å². The molecular formula is C32H57NO14. The van der Waals surface area contributed by atoms with Gasteiger partial charge in [0.1, 0.15) is 12.4 Å². The summed E-state index contributed by atoms with van der Waals surface area (Å²) in [5, 5.41) is 0. The van der Waals surface area contributed by atoms with Gasteiger partial charge < -0.3 is 67.3 Å². The Bertz CT molecular complexity index is 790. The molecule has 1 aromatic rings. The first kappa shape index (κ1) is 42.9. The molecule has 0 aliphatic carbocycles. The summed E-state index contributed by atoms with van der Waals surface area (Å²) in [5.74, 6) is 0.481. The maximum atomic E-state index is 10.9. The van der Waals surface area contributed by atoms with Crippen LogP contribution >= 0.6 is 0 Å². The summed E-state index contributed by atoms with van der Waals surface area (Å²) in [6.45, 7) is 11.0. The molecule has 0 amide bonds. The number of hydrogen-bond donors (Lipinski definition) is 1. The van der Waals surface area contributed by atoms with E-state index in [4.69, 9.17) is 62.6 Å². The van der Waals surface area contributed by atoms with Gasteiger partial charge in [0.2, 0.25) is 0 Å². The van der Waals surface area contributed by atoms with E-state index in [-0.39, 0.29) is 12.4 Å². The Kier molecular flexibility index (Phi) is 32.1. The Labute approximate surface area is 279 Å². The average molecular weight is 680 g/mol. The van der Waals surface area contributed by atoms with Crippen molar-refractivity contribution < 1.29 is 66.4 Å². The van der Waals surface area contributed by atoms with E-state index in [1.54, 1.807) is 12.1 Å². The van der Waals surface area contributed by atoms with E-state index in [0.29, 0.717) is 158 Å². The molecule has 274 valence electrons. The molecule has 0 aromatic heterocycles. The fourth-order valence-electron chi connectivity index (χ4n) is 3.34. The largest absolute Gasteiger partial charge is 0.491 e. The van der Waals surface area contributed by atoms with Gasteiger partial charge in [0.25, 0.3) is 0 Å². The number of esters is 1. The van der Waals surface area contributed by atoms with E-state index in [2.05, 4.69) is 4.74 Å². The van der Waals surface area contributed by atoms with Crippen molar-refractivity contribution in [2.75, 3.05) is 165 Å². The highest BCUT2D eigenvalue weighted by molar-refractivity contribution is 5.69. The van der Waals surface area contributed by atoms with Gasteiger partial charge >= 0.3 is 5.97 Å². The third kappa shape index (κ3) is 32.2. The fraction of sp³-hybridized carbons (Fsp3) is 0.781. The third-order valence-electron chi connectivity index (χ3n) is 5.77. The van der Waals surface area contributed by atoms with Gasteiger partial charge in [-0.3, -0.25) is 4.79 Å². The lowest BCUT2D eigenvalue weighted by Crippen LogP contribution is -2.15. The molecule has 1 aromatic carbocycles. The summed E-state index contributed by atoms with van der Waals surface area (Å²) >= 11 is 0. The summed E-state index contributed by atoms with van der Waals surface area (Å²) in [7, 11) is 1.35. The minimum absolute atomic E-state index is 0.243. The zero-order valence-electron chi connectivity index (χ0n) is 28.1. The number of rotatable bonds is 37. The van der Waals surface area contributed by atoms with Crippen molar-refractivity contribution >= 4 is 11.7 Å². The van der Waals surface area contributed by atoms with Gasteiger partial charge in [-0.25, -0.2) is 0 Å². The summed E-state index contributed by atoms with van der Waals surface area (Å²) in [4.78, 5) is 10.9. The van der Waals surface area contributed by atoms with Gasteiger partial charge in [0, 0.05) is 5.69 Å². The van der Waals surface area contributed by atoms with Gasteiger partial charge in [0.15, 0.2) is 0 Å². The summed E-state index contributed by atoms with van der Waals surface area (Å²) in [6, 6.07) is 7.25. The molecule has 0 atom stereocenters. The molecule has 0 heterocycles. The van der Waals surface area contributed by atoms with Crippen molar-refractivity contribution in [3.05, 3.63) is 24.3 Å². The zero-order chi connectivity index (χ0) is 33.7. The molecule has 0 aliphatic rings. The lowest BCUT2D eigenvalue weighted by molar-refractivity contribution is -0.141. The molecule has 0 saturated carbocycles. The van der Waals surface area contributed by atoms with Crippen LogP contribution in [0.5, 0.6) is 5.75 Å². The number of anilines is 1. The fourth-order valence-corrected chi connectivity index (χ4v) is 3.34. The van der Waals surface area contributed by atoms with Crippen molar-refractivity contribution in [3.63, 3.8) is 0 Å². The second-order valence-electron chi connectivity index (χ2n) is 9.48. The van der Waals surface area contributed by atoms with Crippen molar-refractivity contribution in [2.24, 2.45) is 0 Å². The second-order valence-corrected chi connectivity index (χ2v) is 9.48. The molecule has 15 nitrogen and oxygen atoms in total. The van der Waals surface area contributed by atoms with Crippen LogP contribution in [0.15, 0.2) is 24.3 Å². The molecule has 0 fully saturated rings. The predicted molar refractivity (Wildman–Crippen MR) is 172 cm³/mol. The third-order valence-corrected chi connectivity index (χ3v) is 5.77. The standard InChI is InChI=1S/C32H57NO14/c1-35-32(34)6-7-36-8-9-37-10-11-38-12-13-39-14-15-40-16-17-41-18-19-42-20-21-43-22-23-44-24-25-45-26-27-46-28-29-47-31-4-2-30(33)3-5-31/h2-5H,6-29,33H2,1H3. The Morgan fingerprint density at radius 3 is 0.957 bits per heavy atom. The van der Waals surface area contributed by atoms with E-state index in [1.807, 2.05) is 12.1 Å². The van der Waals surface area contributed by atoms with E-state index in [0.717, 1.165) is 5.75 Å². The SMILES string of the molecule is COC(=O)CCOCCOCCOCCOCCOCCOCCOCCOCCOCCOCCOCCOc1ccc(N)cc1. The smallest absolute Gasteiger partial charge is 0.307 e. The summed E-state index contributed by atoms with van der Waals surface area (Å²) < 4.78 is 69.9. The lowest BCUT2D eigenvalue weighted by atomic mass is 10.3. The Balaban J connectivity index is 1.62. The van der Waals surface area contributed by atoms with Gasteiger partial charge in [-0.2, -0.15) is 0 Å². The molecule has 1 rings (SSSR count). The van der Waals surface area contributed by atoms with Crippen LogP contribution in [-0.2, 0) is 61.6 Å². The highest BCUT2D eigenvalue weighted by atomic mass is 16.6. The van der Waals surface area contributed by atoms with Crippen LogP contribution in [0, 0.1) is 0 Å². The summed E-state index contributed by atoms with van der Waals surface area (Å²) in [5.41, 5.74) is 6.35. The van der Waals surface area contributed by atoms with Crippen LogP contribution in [0.25, 0.3) is 0 Å². The van der Waals surface area contributed by atoms with Crippen LogP contribution in [0.4, 0.5) is 5.69 Å². The van der Waals surface area contributed by atoms with Crippen LogP contribution in [0.1, 0.15) is 6.42 Å². The maximum Gasteiger partial charge on any atom is 0.307 e. The number of benzene rings is 1. The monoisotopic (exact) mass is 679 g/mol. The number of nitrogens with two attached hydrogens (primary N) is 1. The highest BCUT2D eigenvalue weighted by Crippen LogP contribution is 2.12. The number of nitrogen functional groups attached to an aromatic ring is 1. The number of carbonyl (C=O) groups is 1. The molecule has 0 unspecified atom stereocenters. The first-order valence-electron chi connectivity index (χ1n) is 16.1. The van der Waals surface area contributed by atoms with Gasteiger partial charge in [-0.15, -0.1) is 0 Å².